The minimum Gasteiger partial charge on any atom is -0.397 e. The van der Waals surface area contributed by atoms with E-state index in [9.17, 15) is 9.18 Å². The molecule has 21 heavy (non-hydrogen) atoms. The quantitative estimate of drug-likeness (QED) is 0.824. The predicted octanol–water partition coefficient (Wildman–Crippen LogP) is 1.87. The van der Waals surface area contributed by atoms with Crippen LogP contribution in [-0.4, -0.2) is 29.4 Å². The number of carbonyl (C=O) groups excluding carboxylic acids is 1. The van der Waals surface area contributed by atoms with Gasteiger partial charge in [-0.05, 0) is 37.4 Å². The van der Waals surface area contributed by atoms with Crippen LogP contribution in [0.4, 0.5) is 15.8 Å². The summed E-state index contributed by atoms with van der Waals surface area (Å²) in [6.07, 6.45) is 1.71. The van der Waals surface area contributed by atoms with Gasteiger partial charge in [-0.1, -0.05) is 6.07 Å². The highest BCUT2D eigenvalue weighted by atomic mass is 19.1. The van der Waals surface area contributed by atoms with Gasteiger partial charge in [0.2, 0.25) is 5.91 Å². The molecule has 0 atom stereocenters. The third-order valence-corrected chi connectivity index (χ3v) is 2.86. The Kier molecular flexibility index (Phi) is 4.84. The second-order valence-electron chi connectivity index (χ2n) is 4.77. The lowest BCUT2D eigenvalue weighted by atomic mass is 10.2. The van der Waals surface area contributed by atoms with E-state index in [1.54, 1.807) is 6.20 Å². The first kappa shape index (κ1) is 14.9. The van der Waals surface area contributed by atoms with E-state index in [1.165, 1.54) is 18.2 Å². The van der Waals surface area contributed by atoms with Crippen molar-refractivity contribution in [1.29, 1.82) is 0 Å². The molecule has 6 heteroatoms. The zero-order chi connectivity index (χ0) is 15.2. The molecule has 1 amide bonds. The van der Waals surface area contributed by atoms with Crippen LogP contribution in [0.25, 0.3) is 0 Å². The normalized spacial score (nSPS) is 10.6. The highest BCUT2D eigenvalue weighted by molar-refractivity contribution is 5.95. The van der Waals surface area contributed by atoms with Crippen molar-refractivity contribution >= 4 is 17.3 Å². The molecule has 0 saturated heterocycles. The van der Waals surface area contributed by atoms with E-state index in [0.717, 1.165) is 5.69 Å². The van der Waals surface area contributed by atoms with Gasteiger partial charge in [0, 0.05) is 12.7 Å². The number of nitrogens with one attached hydrogen (secondary N) is 1. The number of pyridine rings is 1. The number of likely N-dealkylation sites (N-methyl/N-ethyl adjacent to an activating group) is 1. The number of hydrogen-bond donors (Lipinski definition) is 2. The van der Waals surface area contributed by atoms with Gasteiger partial charge in [-0.2, -0.15) is 0 Å². The monoisotopic (exact) mass is 288 g/mol. The Hall–Kier alpha value is -2.47. The zero-order valence-corrected chi connectivity index (χ0v) is 11.7. The lowest BCUT2D eigenvalue weighted by Crippen LogP contribution is -2.30. The molecular formula is C15H17FN4O. The molecule has 2 rings (SSSR count). The second kappa shape index (κ2) is 6.81. The van der Waals surface area contributed by atoms with Gasteiger partial charge in [0.1, 0.15) is 5.82 Å². The van der Waals surface area contributed by atoms with Gasteiger partial charge < -0.3 is 11.1 Å². The standard InChI is InChI=1S/C15H17FN4O/c1-20(9-12-4-2-3-7-18-12)10-15(21)19-14-8-11(16)5-6-13(14)17/h2-8H,9-10,17H2,1H3,(H,19,21). The van der Waals surface area contributed by atoms with Crippen LogP contribution in [0.5, 0.6) is 0 Å². The summed E-state index contributed by atoms with van der Waals surface area (Å²) >= 11 is 0. The Morgan fingerprint density at radius 1 is 1.38 bits per heavy atom. The summed E-state index contributed by atoms with van der Waals surface area (Å²) < 4.78 is 13.1. The second-order valence-corrected chi connectivity index (χ2v) is 4.77. The lowest BCUT2D eigenvalue weighted by Gasteiger charge is -2.16. The Labute approximate surface area is 122 Å². The number of aromatic nitrogens is 1. The summed E-state index contributed by atoms with van der Waals surface area (Å²) in [6, 6.07) is 9.48. The van der Waals surface area contributed by atoms with Crippen LogP contribution in [0.1, 0.15) is 5.69 Å². The van der Waals surface area contributed by atoms with E-state index in [-0.39, 0.29) is 18.1 Å². The molecule has 5 nitrogen and oxygen atoms in total. The van der Waals surface area contributed by atoms with Crippen LogP contribution in [0.3, 0.4) is 0 Å². The van der Waals surface area contributed by atoms with Crippen molar-refractivity contribution < 1.29 is 9.18 Å². The molecule has 110 valence electrons. The fourth-order valence-corrected chi connectivity index (χ4v) is 1.90. The third kappa shape index (κ3) is 4.54. The summed E-state index contributed by atoms with van der Waals surface area (Å²) in [6.45, 7) is 0.708. The predicted molar refractivity (Wildman–Crippen MR) is 80.0 cm³/mol. The molecular weight excluding hydrogens is 271 g/mol. The third-order valence-electron chi connectivity index (χ3n) is 2.86. The molecule has 1 aromatic carbocycles. The minimum atomic E-state index is -0.443. The van der Waals surface area contributed by atoms with Gasteiger partial charge in [0.25, 0.3) is 0 Å². The Bertz CT molecular complexity index is 618. The number of amides is 1. The van der Waals surface area contributed by atoms with Crippen molar-refractivity contribution in [3.05, 3.63) is 54.1 Å². The molecule has 0 saturated carbocycles. The van der Waals surface area contributed by atoms with Crippen LogP contribution < -0.4 is 11.1 Å². The average molecular weight is 288 g/mol. The number of benzene rings is 1. The van der Waals surface area contributed by atoms with Gasteiger partial charge in [0.05, 0.1) is 23.6 Å². The van der Waals surface area contributed by atoms with Crippen molar-refractivity contribution in [2.75, 3.05) is 24.6 Å². The van der Waals surface area contributed by atoms with Gasteiger partial charge in [-0.15, -0.1) is 0 Å². The Balaban J connectivity index is 1.91. The summed E-state index contributed by atoms with van der Waals surface area (Å²) in [4.78, 5) is 17.9. The molecule has 3 N–H and O–H groups in total. The Morgan fingerprint density at radius 2 is 2.19 bits per heavy atom. The average Bonchev–Trinajstić information content (AvgIpc) is 2.43. The van der Waals surface area contributed by atoms with Gasteiger partial charge in [0.15, 0.2) is 0 Å². The molecule has 1 heterocycles. The topological polar surface area (TPSA) is 71.2 Å². The molecule has 0 fully saturated rings. The van der Waals surface area contributed by atoms with Crippen molar-refractivity contribution in [2.24, 2.45) is 0 Å². The highest BCUT2D eigenvalue weighted by Crippen LogP contribution is 2.19. The number of hydrogen-bond acceptors (Lipinski definition) is 4. The number of nitrogens with zero attached hydrogens (tertiary/aromatic N) is 2. The maximum Gasteiger partial charge on any atom is 0.238 e. The molecule has 0 radical (unpaired) electrons. The van der Waals surface area contributed by atoms with E-state index in [2.05, 4.69) is 10.3 Å². The molecule has 0 aliphatic carbocycles. The van der Waals surface area contributed by atoms with Crippen LogP contribution in [-0.2, 0) is 11.3 Å². The number of nitrogens with two attached hydrogens (primary N) is 1. The number of carbonyl (C=O) groups is 1. The minimum absolute atomic E-state index is 0.159. The molecule has 2 aromatic rings. The van der Waals surface area contributed by atoms with E-state index in [0.29, 0.717) is 12.2 Å². The van der Waals surface area contributed by atoms with Crippen LogP contribution >= 0.6 is 0 Å². The van der Waals surface area contributed by atoms with E-state index in [4.69, 9.17) is 5.73 Å². The fourth-order valence-electron chi connectivity index (χ4n) is 1.90. The molecule has 0 unspecified atom stereocenters. The summed E-state index contributed by atoms with van der Waals surface area (Å²) in [5.41, 5.74) is 7.17. The largest absolute Gasteiger partial charge is 0.397 e. The summed E-state index contributed by atoms with van der Waals surface area (Å²) in [5, 5.41) is 2.60. The molecule has 0 aliphatic heterocycles. The lowest BCUT2D eigenvalue weighted by molar-refractivity contribution is -0.117. The molecule has 0 bridgehead atoms. The fraction of sp³-hybridized carbons (Fsp3) is 0.200. The number of halogens is 1. The summed E-state index contributed by atoms with van der Waals surface area (Å²) in [5.74, 6) is -0.702. The SMILES string of the molecule is CN(CC(=O)Nc1cc(F)ccc1N)Cc1ccccn1. The van der Waals surface area contributed by atoms with Crippen LogP contribution in [0.15, 0.2) is 42.6 Å². The Morgan fingerprint density at radius 3 is 2.90 bits per heavy atom. The van der Waals surface area contributed by atoms with E-state index < -0.39 is 5.82 Å². The molecule has 0 aliphatic rings. The maximum absolute atomic E-state index is 13.1. The highest BCUT2D eigenvalue weighted by Gasteiger charge is 2.10. The van der Waals surface area contributed by atoms with E-state index >= 15 is 0 Å². The zero-order valence-electron chi connectivity index (χ0n) is 11.7. The smallest absolute Gasteiger partial charge is 0.238 e. The van der Waals surface area contributed by atoms with Crippen molar-refractivity contribution in [3.63, 3.8) is 0 Å². The van der Waals surface area contributed by atoms with Crippen molar-refractivity contribution in [1.82, 2.24) is 9.88 Å². The molecule has 0 spiro atoms. The first-order valence-electron chi connectivity index (χ1n) is 6.48. The summed E-state index contributed by atoms with van der Waals surface area (Å²) in [7, 11) is 1.81. The first-order chi connectivity index (χ1) is 10.0. The maximum atomic E-state index is 13.1. The van der Waals surface area contributed by atoms with Gasteiger partial charge in [-0.25, -0.2) is 4.39 Å². The van der Waals surface area contributed by atoms with Gasteiger partial charge >= 0.3 is 0 Å². The van der Waals surface area contributed by atoms with E-state index in [1.807, 2.05) is 30.1 Å². The van der Waals surface area contributed by atoms with Gasteiger partial charge in [-0.3, -0.25) is 14.7 Å². The van der Waals surface area contributed by atoms with Crippen LogP contribution in [0.2, 0.25) is 0 Å². The van der Waals surface area contributed by atoms with Crippen molar-refractivity contribution in [3.8, 4) is 0 Å². The van der Waals surface area contributed by atoms with Crippen LogP contribution in [0, 0.1) is 5.82 Å². The first-order valence-corrected chi connectivity index (χ1v) is 6.48. The number of nitrogen functional groups attached to an aromatic ring is 1. The number of anilines is 2. The van der Waals surface area contributed by atoms with Crippen molar-refractivity contribution in [2.45, 2.75) is 6.54 Å². The molecule has 1 aromatic heterocycles. The number of rotatable bonds is 5.